The molecular weight excluding hydrogens is 464 g/mol. The highest BCUT2D eigenvalue weighted by Crippen LogP contribution is 2.24. The molecule has 0 fully saturated rings. The van der Waals surface area contributed by atoms with Gasteiger partial charge in [0, 0.05) is 30.0 Å². The third-order valence-electron chi connectivity index (χ3n) is 6.66. The Morgan fingerprint density at radius 1 is 1.08 bits per heavy atom. The van der Waals surface area contributed by atoms with Crippen molar-refractivity contribution in [3.63, 3.8) is 0 Å². The van der Waals surface area contributed by atoms with Gasteiger partial charge in [0.25, 0.3) is 0 Å². The van der Waals surface area contributed by atoms with Crippen LogP contribution >= 0.6 is 0 Å². The van der Waals surface area contributed by atoms with Crippen LogP contribution in [0.1, 0.15) is 49.9 Å². The van der Waals surface area contributed by atoms with Crippen LogP contribution in [0.15, 0.2) is 73.1 Å². The Labute approximate surface area is 217 Å². The SMILES string of the molecule is CCC(C)(C)NC(=O)[C@H](c1cccnc1)N(CCc1cccc(C)c1)C(=O)Cn1nnc2ccccc21. The molecule has 0 aliphatic carbocycles. The van der Waals surface area contributed by atoms with E-state index in [1.54, 1.807) is 28.0 Å². The zero-order valence-corrected chi connectivity index (χ0v) is 21.9. The summed E-state index contributed by atoms with van der Waals surface area (Å²) in [7, 11) is 0. The molecule has 0 radical (unpaired) electrons. The Bertz CT molecular complexity index is 1370. The number of amides is 2. The van der Waals surface area contributed by atoms with E-state index in [0.717, 1.165) is 23.1 Å². The van der Waals surface area contributed by atoms with Crippen molar-refractivity contribution in [2.45, 2.75) is 58.7 Å². The Morgan fingerprint density at radius 2 is 1.89 bits per heavy atom. The minimum absolute atomic E-state index is 0.0322. The van der Waals surface area contributed by atoms with Crippen molar-refractivity contribution < 1.29 is 9.59 Å². The highest BCUT2D eigenvalue weighted by molar-refractivity contribution is 5.89. The number of aryl methyl sites for hydroxylation is 1. The molecule has 4 aromatic rings. The largest absolute Gasteiger partial charge is 0.349 e. The van der Waals surface area contributed by atoms with Crippen molar-refractivity contribution in [2.75, 3.05) is 6.54 Å². The van der Waals surface area contributed by atoms with Crippen molar-refractivity contribution in [3.05, 3.63) is 89.7 Å². The van der Waals surface area contributed by atoms with Gasteiger partial charge < -0.3 is 10.2 Å². The summed E-state index contributed by atoms with van der Waals surface area (Å²) >= 11 is 0. The summed E-state index contributed by atoms with van der Waals surface area (Å²) in [6.07, 6.45) is 4.67. The quantitative estimate of drug-likeness (QED) is 0.353. The average molecular weight is 499 g/mol. The first-order valence-electron chi connectivity index (χ1n) is 12.6. The third-order valence-corrected chi connectivity index (χ3v) is 6.66. The maximum atomic E-state index is 13.9. The fraction of sp³-hybridized carbons (Fsp3) is 0.345. The van der Waals surface area contributed by atoms with E-state index in [1.807, 2.05) is 76.2 Å². The van der Waals surface area contributed by atoms with Crippen LogP contribution in [0.25, 0.3) is 11.0 Å². The Hall–Kier alpha value is -4.07. The molecular formula is C29H34N6O2. The summed E-state index contributed by atoms with van der Waals surface area (Å²) in [5, 5.41) is 11.5. The van der Waals surface area contributed by atoms with Crippen LogP contribution in [-0.4, -0.2) is 48.8 Å². The summed E-state index contributed by atoms with van der Waals surface area (Å²) in [6.45, 7) is 8.35. The number of pyridine rings is 1. The molecule has 2 aromatic carbocycles. The molecule has 8 heteroatoms. The topological polar surface area (TPSA) is 93.0 Å². The lowest BCUT2D eigenvalue weighted by atomic mass is 9.99. The number of benzene rings is 2. The Balaban J connectivity index is 1.70. The number of nitrogens with zero attached hydrogens (tertiary/aromatic N) is 5. The molecule has 0 saturated carbocycles. The highest BCUT2D eigenvalue weighted by atomic mass is 16.2. The number of fused-ring (bicyclic) bond motifs is 1. The lowest BCUT2D eigenvalue weighted by molar-refractivity contribution is -0.142. The standard InChI is InChI=1S/C29H34N6O2/c1-5-29(3,4)31-28(37)27(23-12-9-16-30-19-23)34(17-15-22-11-8-10-21(2)18-22)26(36)20-35-25-14-7-6-13-24(25)32-33-35/h6-14,16,18-19,27H,5,15,17,20H2,1-4H3,(H,31,37)/t27-/m0/s1. The first kappa shape index (κ1) is 26.0. The molecule has 1 atom stereocenters. The van der Waals surface area contributed by atoms with E-state index >= 15 is 0 Å². The molecule has 4 rings (SSSR count). The van der Waals surface area contributed by atoms with E-state index in [2.05, 4.69) is 26.7 Å². The van der Waals surface area contributed by atoms with Crippen LogP contribution in [-0.2, 0) is 22.6 Å². The van der Waals surface area contributed by atoms with Crippen LogP contribution in [0.2, 0.25) is 0 Å². The maximum absolute atomic E-state index is 13.9. The number of hydrogen-bond donors (Lipinski definition) is 1. The number of carbonyl (C=O) groups is 2. The van der Waals surface area contributed by atoms with E-state index in [9.17, 15) is 9.59 Å². The summed E-state index contributed by atoms with van der Waals surface area (Å²) in [4.78, 5) is 33.6. The summed E-state index contributed by atoms with van der Waals surface area (Å²) < 4.78 is 1.59. The van der Waals surface area contributed by atoms with E-state index < -0.39 is 11.6 Å². The first-order valence-corrected chi connectivity index (χ1v) is 12.6. The van der Waals surface area contributed by atoms with Crippen molar-refractivity contribution in [3.8, 4) is 0 Å². The summed E-state index contributed by atoms with van der Waals surface area (Å²) in [6, 6.07) is 18.5. The van der Waals surface area contributed by atoms with Crippen LogP contribution in [0, 0.1) is 6.92 Å². The zero-order chi connectivity index (χ0) is 26.4. The number of nitrogens with one attached hydrogen (secondary N) is 1. The second-order valence-electron chi connectivity index (χ2n) is 9.98. The number of aromatic nitrogens is 4. The van der Waals surface area contributed by atoms with Gasteiger partial charge in [-0.05, 0) is 57.4 Å². The van der Waals surface area contributed by atoms with Gasteiger partial charge in [-0.3, -0.25) is 14.6 Å². The van der Waals surface area contributed by atoms with Crippen molar-refractivity contribution >= 4 is 22.8 Å². The van der Waals surface area contributed by atoms with E-state index in [-0.39, 0.29) is 18.4 Å². The normalized spacial score (nSPS) is 12.3. The predicted octanol–water partition coefficient (Wildman–Crippen LogP) is 4.25. The van der Waals surface area contributed by atoms with Gasteiger partial charge in [-0.15, -0.1) is 5.10 Å². The minimum Gasteiger partial charge on any atom is -0.349 e. The van der Waals surface area contributed by atoms with Gasteiger partial charge >= 0.3 is 0 Å². The fourth-order valence-corrected chi connectivity index (χ4v) is 4.27. The number of hydrogen-bond acceptors (Lipinski definition) is 5. The zero-order valence-electron chi connectivity index (χ0n) is 21.9. The molecule has 192 valence electrons. The first-order chi connectivity index (χ1) is 17.8. The summed E-state index contributed by atoms with van der Waals surface area (Å²) in [5.74, 6) is -0.456. The molecule has 0 aliphatic rings. The lowest BCUT2D eigenvalue weighted by Crippen LogP contribution is -2.51. The molecule has 2 amide bonds. The van der Waals surface area contributed by atoms with Crippen LogP contribution in [0.5, 0.6) is 0 Å². The fourth-order valence-electron chi connectivity index (χ4n) is 4.27. The van der Waals surface area contributed by atoms with E-state index in [4.69, 9.17) is 0 Å². The molecule has 37 heavy (non-hydrogen) atoms. The van der Waals surface area contributed by atoms with Gasteiger partial charge in [-0.2, -0.15) is 0 Å². The second-order valence-corrected chi connectivity index (χ2v) is 9.98. The molecule has 0 unspecified atom stereocenters. The van der Waals surface area contributed by atoms with Gasteiger partial charge in [0.2, 0.25) is 11.8 Å². The molecule has 1 N–H and O–H groups in total. The number of carbonyl (C=O) groups excluding carboxylic acids is 2. The Morgan fingerprint density at radius 3 is 2.62 bits per heavy atom. The maximum Gasteiger partial charge on any atom is 0.247 e. The van der Waals surface area contributed by atoms with Gasteiger partial charge in [-0.25, -0.2) is 4.68 Å². The molecule has 2 aromatic heterocycles. The van der Waals surface area contributed by atoms with Crippen molar-refractivity contribution in [1.82, 2.24) is 30.2 Å². The van der Waals surface area contributed by atoms with E-state index in [0.29, 0.717) is 24.0 Å². The third kappa shape index (κ3) is 6.39. The minimum atomic E-state index is -0.841. The molecule has 0 aliphatic heterocycles. The van der Waals surface area contributed by atoms with Crippen LogP contribution in [0.4, 0.5) is 0 Å². The van der Waals surface area contributed by atoms with E-state index in [1.165, 1.54) is 0 Å². The molecule has 0 spiro atoms. The van der Waals surface area contributed by atoms with Gasteiger partial charge in [-0.1, -0.05) is 60.2 Å². The highest BCUT2D eigenvalue weighted by Gasteiger charge is 2.34. The molecule has 0 bridgehead atoms. The van der Waals surface area contributed by atoms with Gasteiger partial charge in [0.1, 0.15) is 18.1 Å². The number of rotatable bonds is 10. The average Bonchev–Trinajstić information content (AvgIpc) is 3.29. The predicted molar refractivity (Wildman–Crippen MR) is 144 cm³/mol. The molecule has 0 saturated heterocycles. The van der Waals surface area contributed by atoms with Crippen LogP contribution < -0.4 is 5.32 Å². The van der Waals surface area contributed by atoms with Gasteiger partial charge in [0.15, 0.2) is 0 Å². The van der Waals surface area contributed by atoms with Crippen LogP contribution in [0.3, 0.4) is 0 Å². The smallest absolute Gasteiger partial charge is 0.247 e. The van der Waals surface area contributed by atoms with Crippen molar-refractivity contribution in [1.29, 1.82) is 0 Å². The molecule has 8 nitrogen and oxygen atoms in total. The van der Waals surface area contributed by atoms with Gasteiger partial charge in [0.05, 0.1) is 5.52 Å². The summed E-state index contributed by atoms with van der Waals surface area (Å²) in [5.41, 5.74) is 3.97. The monoisotopic (exact) mass is 498 g/mol. The Kier molecular flexibility index (Phi) is 7.96. The lowest BCUT2D eigenvalue weighted by Gasteiger charge is -2.34. The number of para-hydroxylation sites is 1. The molecule has 2 heterocycles. The second kappa shape index (κ2) is 11.3. The van der Waals surface area contributed by atoms with Crippen molar-refractivity contribution in [2.24, 2.45) is 0 Å².